The van der Waals surface area contributed by atoms with Crippen LogP contribution in [0.4, 0.5) is 0 Å². The van der Waals surface area contributed by atoms with Gasteiger partial charge in [0.25, 0.3) is 0 Å². The fourth-order valence-corrected chi connectivity index (χ4v) is 2.70. The van der Waals surface area contributed by atoms with E-state index in [1.54, 1.807) is 0 Å². The highest BCUT2D eigenvalue weighted by Crippen LogP contribution is 2.42. The molecule has 0 saturated heterocycles. The van der Waals surface area contributed by atoms with Crippen LogP contribution in [-0.4, -0.2) is 13.2 Å². The lowest BCUT2D eigenvalue weighted by Crippen LogP contribution is -2.26. The van der Waals surface area contributed by atoms with Gasteiger partial charge in [0.05, 0.1) is 11.5 Å². The van der Waals surface area contributed by atoms with E-state index in [2.05, 4.69) is 13.0 Å². The van der Waals surface area contributed by atoms with Crippen molar-refractivity contribution in [2.24, 2.45) is 11.3 Å². The topological polar surface area (TPSA) is 33.0 Å². The molecule has 1 rings (SSSR count). The lowest BCUT2D eigenvalue weighted by molar-refractivity contribution is 0.121. The zero-order valence-electron chi connectivity index (χ0n) is 10.1. The number of nitriles is 1. The van der Waals surface area contributed by atoms with Crippen molar-refractivity contribution < 1.29 is 4.74 Å². The first-order valence-corrected chi connectivity index (χ1v) is 6.21. The lowest BCUT2D eigenvalue weighted by Gasteiger charge is -2.34. The summed E-state index contributed by atoms with van der Waals surface area (Å²) in [4.78, 5) is 0. The minimum Gasteiger partial charge on any atom is -0.382 e. The predicted molar refractivity (Wildman–Crippen MR) is 61.4 cm³/mol. The van der Waals surface area contributed by atoms with Crippen molar-refractivity contribution in [2.45, 2.75) is 52.4 Å². The van der Waals surface area contributed by atoms with Gasteiger partial charge in [0, 0.05) is 13.2 Å². The third-order valence-corrected chi connectivity index (χ3v) is 3.48. The van der Waals surface area contributed by atoms with Gasteiger partial charge in [0.15, 0.2) is 0 Å². The molecule has 2 atom stereocenters. The molecule has 0 aliphatic heterocycles. The molecule has 0 spiro atoms. The first-order chi connectivity index (χ1) is 7.22. The van der Waals surface area contributed by atoms with Crippen molar-refractivity contribution in [3.8, 4) is 6.07 Å². The molecule has 2 nitrogen and oxygen atoms in total. The van der Waals surface area contributed by atoms with E-state index in [1.807, 2.05) is 6.92 Å². The Kier molecular flexibility index (Phi) is 5.11. The van der Waals surface area contributed by atoms with Crippen LogP contribution in [0.2, 0.25) is 0 Å². The molecule has 0 radical (unpaired) electrons. The number of rotatable bonds is 5. The van der Waals surface area contributed by atoms with Gasteiger partial charge in [-0.3, -0.25) is 0 Å². The second kappa shape index (κ2) is 6.12. The van der Waals surface area contributed by atoms with Gasteiger partial charge in [0.2, 0.25) is 0 Å². The lowest BCUT2D eigenvalue weighted by atomic mass is 9.69. The minimum atomic E-state index is -0.0330. The van der Waals surface area contributed by atoms with Gasteiger partial charge in [-0.25, -0.2) is 0 Å². The Bertz CT molecular complexity index is 221. The van der Waals surface area contributed by atoms with Crippen LogP contribution in [0.25, 0.3) is 0 Å². The number of hydrogen-bond donors (Lipinski definition) is 0. The summed E-state index contributed by atoms with van der Waals surface area (Å²) in [6, 6.07) is 2.57. The highest BCUT2D eigenvalue weighted by molar-refractivity contribution is 5.01. The van der Waals surface area contributed by atoms with Gasteiger partial charge in [-0.2, -0.15) is 5.26 Å². The number of hydrogen-bond acceptors (Lipinski definition) is 2. The smallest absolute Gasteiger partial charge is 0.0689 e. The van der Waals surface area contributed by atoms with Crippen LogP contribution in [0.3, 0.4) is 0 Å². The highest BCUT2D eigenvalue weighted by atomic mass is 16.5. The summed E-state index contributed by atoms with van der Waals surface area (Å²) in [7, 11) is 0. The molecule has 0 aromatic heterocycles. The van der Waals surface area contributed by atoms with Crippen molar-refractivity contribution in [1.82, 2.24) is 0 Å². The van der Waals surface area contributed by atoms with Gasteiger partial charge in [-0.15, -0.1) is 0 Å². The Hall–Kier alpha value is -0.550. The maximum Gasteiger partial charge on any atom is 0.0689 e. The quantitative estimate of drug-likeness (QED) is 0.649. The SMILES string of the molecule is CCOCCCC1(C#N)CCCC(C)C1. The molecule has 0 aromatic rings. The summed E-state index contributed by atoms with van der Waals surface area (Å²) < 4.78 is 5.33. The average molecular weight is 209 g/mol. The highest BCUT2D eigenvalue weighted by Gasteiger charge is 2.34. The Morgan fingerprint density at radius 2 is 2.33 bits per heavy atom. The molecule has 1 aliphatic rings. The van der Waals surface area contributed by atoms with Gasteiger partial charge >= 0.3 is 0 Å². The van der Waals surface area contributed by atoms with E-state index in [0.717, 1.165) is 44.8 Å². The molecule has 1 fully saturated rings. The summed E-state index contributed by atoms with van der Waals surface area (Å²) in [5, 5.41) is 9.33. The maximum absolute atomic E-state index is 9.33. The van der Waals surface area contributed by atoms with Crippen molar-refractivity contribution in [1.29, 1.82) is 5.26 Å². The van der Waals surface area contributed by atoms with E-state index < -0.39 is 0 Å². The van der Waals surface area contributed by atoms with E-state index in [-0.39, 0.29) is 5.41 Å². The van der Waals surface area contributed by atoms with Gasteiger partial charge in [-0.05, 0) is 38.5 Å². The van der Waals surface area contributed by atoms with Crippen LogP contribution in [0, 0.1) is 22.7 Å². The minimum absolute atomic E-state index is 0.0330. The molecule has 2 unspecified atom stereocenters. The first kappa shape index (κ1) is 12.5. The molecule has 0 heterocycles. The number of nitrogens with zero attached hydrogens (tertiary/aromatic N) is 1. The van der Waals surface area contributed by atoms with Crippen LogP contribution in [-0.2, 0) is 4.74 Å². The molecule has 0 amide bonds. The Morgan fingerprint density at radius 1 is 1.53 bits per heavy atom. The van der Waals surface area contributed by atoms with E-state index in [1.165, 1.54) is 12.8 Å². The molecule has 0 N–H and O–H groups in total. The second-order valence-corrected chi connectivity index (χ2v) is 4.89. The molecule has 1 aliphatic carbocycles. The van der Waals surface area contributed by atoms with E-state index in [0.29, 0.717) is 0 Å². The fourth-order valence-electron chi connectivity index (χ4n) is 2.70. The molecule has 0 bridgehead atoms. The summed E-state index contributed by atoms with van der Waals surface area (Å²) >= 11 is 0. The van der Waals surface area contributed by atoms with Crippen molar-refractivity contribution in [2.75, 3.05) is 13.2 Å². The van der Waals surface area contributed by atoms with Crippen LogP contribution in [0.5, 0.6) is 0 Å². The second-order valence-electron chi connectivity index (χ2n) is 4.89. The van der Waals surface area contributed by atoms with Crippen LogP contribution in [0.1, 0.15) is 52.4 Å². The van der Waals surface area contributed by atoms with E-state index >= 15 is 0 Å². The molecule has 1 saturated carbocycles. The van der Waals surface area contributed by atoms with Crippen LogP contribution >= 0.6 is 0 Å². The fraction of sp³-hybridized carbons (Fsp3) is 0.923. The van der Waals surface area contributed by atoms with Crippen molar-refractivity contribution >= 4 is 0 Å². The zero-order valence-corrected chi connectivity index (χ0v) is 10.1. The molecule has 2 heteroatoms. The monoisotopic (exact) mass is 209 g/mol. The Labute approximate surface area is 93.6 Å². The molecule has 0 aromatic carbocycles. The van der Waals surface area contributed by atoms with Crippen molar-refractivity contribution in [3.63, 3.8) is 0 Å². The van der Waals surface area contributed by atoms with E-state index in [9.17, 15) is 5.26 Å². The van der Waals surface area contributed by atoms with Crippen LogP contribution < -0.4 is 0 Å². The zero-order chi connectivity index (χ0) is 11.1. The molecule has 15 heavy (non-hydrogen) atoms. The van der Waals surface area contributed by atoms with Crippen LogP contribution in [0.15, 0.2) is 0 Å². The largest absolute Gasteiger partial charge is 0.382 e. The third kappa shape index (κ3) is 3.83. The van der Waals surface area contributed by atoms with Crippen molar-refractivity contribution in [3.05, 3.63) is 0 Å². The first-order valence-electron chi connectivity index (χ1n) is 6.21. The summed E-state index contributed by atoms with van der Waals surface area (Å²) in [6.45, 7) is 5.89. The normalized spacial score (nSPS) is 31.1. The molecular weight excluding hydrogens is 186 g/mol. The van der Waals surface area contributed by atoms with Gasteiger partial charge in [-0.1, -0.05) is 19.8 Å². The molecular formula is C13H23NO. The summed E-state index contributed by atoms with van der Waals surface area (Å²) in [5.41, 5.74) is -0.0330. The average Bonchev–Trinajstić information content (AvgIpc) is 2.25. The third-order valence-electron chi connectivity index (χ3n) is 3.48. The maximum atomic E-state index is 9.33. The summed E-state index contributed by atoms with van der Waals surface area (Å²) in [5.74, 6) is 0.727. The Balaban J connectivity index is 2.36. The molecule has 86 valence electrons. The number of ether oxygens (including phenoxy) is 1. The van der Waals surface area contributed by atoms with Gasteiger partial charge in [0.1, 0.15) is 0 Å². The standard InChI is InChI=1S/C13H23NO/c1-3-15-9-5-8-13(11-14)7-4-6-12(2)10-13/h12H,3-10H2,1-2H3. The summed E-state index contributed by atoms with van der Waals surface area (Å²) in [6.07, 6.45) is 6.77. The van der Waals surface area contributed by atoms with E-state index in [4.69, 9.17) is 4.74 Å². The predicted octanol–water partition coefficient (Wildman–Crippen LogP) is 3.52. The van der Waals surface area contributed by atoms with Gasteiger partial charge < -0.3 is 4.74 Å². The Morgan fingerprint density at radius 3 is 2.93 bits per heavy atom.